The van der Waals surface area contributed by atoms with Crippen LogP contribution in [0.4, 0.5) is 0 Å². The number of nitrogens with zero attached hydrogens (tertiary/aromatic N) is 3. The first-order valence-electron chi connectivity index (χ1n) is 10.5. The van der Waals surface area contributed by atoms with Gasteiger partial charge in [0.1, 0.15) is 0 Å². The summed E-state index contributed by atoms with van der Waals surface area (Å²) in [6.07, 6.45) is 3.54. The molecule has 0 saturated carbocycles. The van der Waals surface area contributed by atoms with Crippen molar-refractivity contribution in [2.24, 2.45) is 11.7 Å². The minimum absolute atomic E-state index is 0.520. The van der Waals surface area contributed by atoms with Gasteiger partial charge in [-0.25, -0.2) is 4.68 Å². The van der Waals surface area contributed by atoms with E-state index in [1.165, 1.54) is 34.6 Å². The molecule has 2 heterocycles. The molecule has 2 atom stereocenters. The van der Waals surface area contributed by atoms with E-state index in [9.17, 15) is 0 Å². The van der Waals surface area contributed by atoms with E-state index in [4.69, 9.17) is 10.8 Å². The van der Waals surface area contributed by atoms with Crippen molar-refractivity contribution < 1.29 is 0 Å². The van der Waals surface area contributed by atoms with Crippen molar-refractivity contribution in [1.82, 2.24) is 14.7 Å². The lowest BCUT2D eigenvalue weighted by molar-refractivity contribution is 0.311. The van der Waals surface area contributed by atoms with Crippen molar-refractivity contribution in [3.05, 3.63) is 83.2 Å². The number of fused-ring (bicyclic) bond motifs is 1. The molecule has 2 aliphatic rings. The Morgan fingerprint density at radius 1 is 0.929 bits per heavy atom. The Labute approximate surface area is 167 Å². The van der Waals surface area contributed by atoms with Crippen LogP contribution in [0.2, 0.25) is 0 Å². The van der Waals surface area contributed by atoms with Crippen molar-refractivity contribution in [3.8, 4) is 5.69 Å². The van der Waals surface area contributed by atoms with E-state index < -0.39 is 0 Å². The molecule has 0 radical (unpaired) electrons. The van der Waals surface area contributed by atoms with E-state index in [0.717, 1.165) is 39.0 Å². The summed E-state index contributed by atoms with van der Waals surface area (Å²) in [5.41, 5.74) is 12.9. The summed E-state index contributed by atoms with van der Waals surface area (Å²) in [6.45, 7) is 3.80. The van der Waals surface area contributed by atoms with Gasteiger partial charge in [-0.15, -0.1) is 0 Å². The predicted molar refractivity (Wildman–Crippen MR) is 113 cm³/mol. The summed E-state index contributed by atoms with van der Waals surface area (Å²) >= 11 is 0. The molecule has 1 aromatic heterocycles. The van der Waals surface area contributed by atoms with Crippen LogP contribution in [0.1, 0.15) is 34.9 Å². The highest BCUT2D eigenvalue weighted by atomic mass is 15.3. The van der Waals surface area contributed by atoms with Gasteiger partial charge in [0, 0.05) is 31.2 Å². The number of likely N-dealkylation sites (tertiary alicyclic amines) is 1. The fraction of sp³-hybridized carbons (Fsp3) is 0.375. The number of benzene rings is 2. The second kappa shape index (κ2) is 7.53. The number of hydrogen-bond acceptors (Lipinski definition) is 3. The lowest BCUT2D eigenvalue weighted by Crippen LogP contribution is -2.23. The number of rotatable bonds is 5. The molecule has 0 unspecified atom stereocenters. The van der Waals surface area contributed by atoms with Gasteiger partial charge in [0.05, 0.1) is 11.4 Å². The molecule has 4 heteroatoms. The van der Waals surface area contributed by atoms with Crippen LogP contribution in [-0.4, -0.2) is 34.3 Å². The molecular weight excluding hydrogens is 344 g/mol. The summed E-state index contributed by atoms with van der Waals surface area (Å²) in [7, 11) is 0. The quantitative estimate of drug-likeness (QED) is 0.745. The van der Waals surface area contributed by atoms with Crippen LogP contribution in [0, 0.1) is 5.92 Å². The maximum atomic E-state index is 6.14. The van der Waals surface area contributed by atoms with Gasteiger partial charge in [0.15, 0.2) is 0 Å². The molecule has 4 nitrogen and oxygen atoms in total. The van der Waals surface area contributed by atoms with Crippen molar-refractivity contribution in [2.45, 2.75) is 31.7 Å². The maximum absolute atomic E-state index is 6.14. The van der Waals surface area contributed by atoms with Crippen LogP contribution >= 0.6 is 0 Å². The number of nitrogens with two attached hydrogens (primary N) is 1. The van der Waals surface area contributed by atoms with Gasteiger partial charge in [0.2, 0.25) is 0 Å². The molecule has 2 N–H and O–H groups in total. The molecule has 0 bridgehead atoms. The molecule has 1 fully saturated rings. The van der Waals surface area contributed by atoms with Gasteiger partial charge in [-0.3, -0.25) is 4.90 Å². The number of para-hydroxylation sites is 1. The number of aromatic nitrogens is 2. The molecule has 3 aromatic rings. The summed E-state index contributed by atoms with van der Waals surface area (Å²) in [4.78, 5) is 2.56. The molecule has 28 heavy (non-hydrogen) atoms. The Kier molecular flexibility index (Phi) is 4.75. The molecule has 0 amide bonds. The lowest BCUT2D eigenvalue weighted by atomic mass is 9.89. The second-order valence-corrected chi connectivity index (χ2v) is 8.18. The lowest BCUT2D eigenvalue weighted by Gasteiger charge is -2.16. The van der Waals surface area contributed by atoms with Crippen LogP contribution in [0.5, 0.6) is 0 Å². The molecule has 2 aromatic carbocycles. The molecule has 1 aliphatic heterocycles. The summed E-state index contributed by atoms with van der Waals surface area (Å²) in [5, 5.41) is 5.06. The first kappa shape index (κ1) is 17.7. The smallest absolute Gasteiger partial charge is 0.0804 e. The first-order chi connectivity index (χ1) is 13.8. The van der Waals surface area contributed by atoms with Crippen LogP contribution in [0.15, 0.2) is 60.7 Å². The average molecular weight is 373 g/mol. The Morgan fingerprint density at radius 2 is 1.68 bits per heavy atom. The SMILES string of the molecule is NC[C@@H]1CN(Cc2nn(-c3ccccc3)c3c2CCC3)C[C@H]1c1ccccc1. The highest BCUT2D eigenvalue weighted by Crippen LogP contribution is 2.34. The van der Waals surface area contributed by atoms with Gasteiger partial charge in [-0.2, -0.15) is 5.10 Å². The van der Waals surface area contributed by atoms with Crippen LogP contribution in [-0.2, 0) is 19.4 Å². The van der Waals surface area contributed by atoms with E-state index >= 15 is 0 Å². The Bertz CT molecular complexity index is 932. The van der Waals surface area contributed by atoms with Gasteiger partial charge in [0.25, 0.3) is 0 Å². The zero-order chi connectivity index (χ0) is 18.9. The third-order valence-corrected chi connectivity index (χ3v) is 6.43. The summed E-state index contributed by atoms with van der Waals surface area (Å²) in [6, 6.07) is 21.4. The molecular formula is C24H28N4. The molecule has 144 valence electrons. The van der Waals surface area contributed by atoms with E-state index in [2.05, 4.69) is 70.2 Å². The largest absolute Gasteiger partial charge is 0.330 e. The highest BCUT2D eigenvalue weighted by Gasteiger charge is 2.34. The number of hydrogen-bond donors (Lipinski definition) is 1. The van der Waals surface area contributed by atoms with E-state index in [1.54, 1.807) is 0 Å². The predicted octanol–water partition coefficient (Wildman–Crippen LogP) is 3.54. The van der Waals surface area contributed by atoms with Crippen molar-refractivity contribution in [3.63, 3.8) is 0 Å². The molecule has 1 saturated heterocycles. The summed E-state index contributed by atoms with van der Waals surface area (Å²) < 4.78 is 2.18. The van der Waals surface area contributed by atoms with E-state index in [-0.39, 0.29) is 0 Å². The monoisotopic (exact) mass is 372 g/mol. The van der Waals surface area contributed by atoms with Gasteiger partial charge < -0.3 is 5.73 Å². The van der Waals surface area contributed by atoms with Crippen LogP contribution < -0.4 is 5.73 Å². The fourth-order valence-electron chi connectivity index (χ4n) is 5.04. The van der Waals surface area contributed by atoms with Gasteiger partial charge in [-0.05, 0) is 55.0 Å². The Morgan fingerprint density at radius 3 is 2.43 bits per heavy atom. The molecule has 1 aliphatic carbocycles. The third-order valence-electron chi connectivity index (χ3n) is 6.43. The van der Waals surface area contributed by atoms with E-state index in [1.807, 2.05) is 0 Å². The van der Waals surface area contributed by atoms with Crippen molar-refractivity contribution >= 4 is 0 Å². The topological polar surface area (TPSA) is 47.1 Å². The van der Waals surface area contributed by atoms with Gasteiger partial charge in [-0.1, -0.05) is 48.5 Å². The van der Waals surface area contributed by atoms with Crippen molar-refractivity contribution in [2.75, 3.05) is 19.6 Å². The maximum Gasteiger partial charge on any atom is 0.0804 e. The Balaban J connectivity index is 1.40. The Hall–Kier alpha value is -2.43. The standard InChI is InChI=1S/C24H28N4/c25-14-19-15-27(16-22(19)18-8-3-1-4-9-18)17-23-21-12-7-13-24(21)28(26-23)20-10-5-2-6-11-20/h1-6,8-11,19,22H,7,12-17,25H2/t19-,22+/m1/s1. The highest BCUT2D eigenvalue weighted by molar-refractivity contribution is 5.40. The van der Waals surface area contributed by atoms with Crippen molar-refractivity contribution in [1.29, 1.82) is 0 Å². The van der Waals surface area contributed by atoms with E-state index in [0.29, 0.717) is 11.8 Å². The second-order valence-electron chi connectivity index (χ2n) is 8.18. The average Bonchev–Trinajstić information content (AvgIpc) is 3.46. The zero-order valence-corrected chi connectivity index (χ0v) is 16.3. The fourth-order valence-corrected chi connectivity index (χ4v) is 5.04. The molecule has 0 spiro atoms. The summed E-state index contributed by atoms with van der Waals surface area (Å²) in [5.74, 6) is 1.04. The minimum atomic E-state index is 0.520. The van der Waals surface area contributed by atoms with Crippen LogP contribution in [0.25, 0.3) is 5.69 Å². The van der Waals surface area contributed by atoms with Gasteiger partial charge >= 0.3 is 0 Å². The molecule has 5 rings (SSSR count). The first-order valence-corrected chi connectivity index (χ1v) is 10.5. The van der Waals surface area contributed by atoms with Crippen LogP contribution in [0.3, 0.4) is 0 Å². The third kappa shape index (κ3) is 3.17. The minimum Gasteiger partial charge on any atom is -0.330 e. The zero-order valence-electron chi connectivity index (χ0n) is 16.3. The normalized spacial score (nSPS) is 21.9.